The average molecular weight is 670 g/mol. The number of hydrogen-bond donors (Lipinski definition) is 0. The maximum absolute atomic E-state index is 6.65. The molecule has 0 radical (unpaired) electrons. The van der Waals surface area contributed by atoms with E-state index in [2.05, 4.69) is 127 Å². The molecule has 0 bridgehead atoms. The van der Waals surface area contributed by atoms with Crippen LogP contribution in [0.25, 0.3) is 65.5 Å². The molecule has 2 aliphatic rings. The molecule has 0 saturated carbocycles. The Morgan fingerprint density at radius 1 is 0.412 bits per heavy atom. The number of fused-ring (bicyclic) bond motifs is 13. The molecule has 3 heterocycles. The van der Waals surface area contributed by atoms with Crippen LogP contribution in [0.2, 0.25) is 0 Å². The lowest BCUT2D eigenvalue weighted by atomic mass is 9.66. The first kappa shape index (κ1) is 28.4. The van der Waals surface area contributed by atoms with Crippen molar-refractivity contribution in [3.05, 3.63) is 186 Å². The van der Waals surface area contributed by atoms with E-state index in [0.29, 0.717) is 17.5 Å². The number of para-hydroxylation sites is 2. The standard InChI is InChI=1S/C46H27N3OS/c1-3-14-28(15-4-1)43-47-44(29-16-5-2-6-17-29)49-45(48-43)31-19-13-22-34-40(31)42-35(26-27-39-41(42)30-18-7-12-25-38(30)51-39)46(34)32-20-8-10-23-36(32)50-37-24-11-9-21-33(37)46/h1-27H. The first-order chi connectivity index (χ1) is 25.3. The summed E-state index contributed by atoms with van der Waals surface area (Å²) in [5, 5.41) is 2.52. The number of benzene rings is 7. The topological polar surface area (TPSA) is 47.9 Å². The van der Waals surface area contributed by atoms with Gasteiger partial charge in [-0.05, 0) is 46.5 Å². The quantitative estimate of drug-likeness (QED) is 0.188. The summed E-state index contributed by atoms with van der Waals surface area (Å²) in [5.41, 5.74) is 9.32. The molecule has 0 atom stereocenters. The number of hydrogen-bond acceptors (Lipinski definition) is 5. The van der Waals surface area contributed by atoms with Crippen molar-refractivity contribution in [2.24, 2.45) is 0 Å². The molecule has 1 aliphatic heterocycles. The van der Waals surface area contributed by atoms with Crippen LogP contribution in [-0.2, 0) is 5.41 Å². The smallest absolute Gasteiger partial charge is 0.164 e. The number of nitrogens with zero attached hydrogens (tertiary/aromatic N) is 3. The van der Waals surface area contributed by atoms with Crippen molar-refractivity contribution in [3.63, 3.8) is 0 Å². The van der Waals surface area contributed by atoms with Gasteiger partial charge in [0.1, 0.15) is 11.5 Å². The molecule has 7 aromatic carbocycles. The van der Waals surface area contributed by atoms with Crippen LogP contribution < -0.4 is 4.74 Å². The molecule has 238 valence electrons. The highest BCUT2D eigenvalue weighted by Crippen LogP contribution is 2.65. The van der Waals surface area contributed by atoms with Gasteiger partial charge in [0.15, 0.2) is 17.5 Å². The van der Waals surface area contributed by atoms with Gasteiger partial charge in [0, 0.05) is 48.0 Å². The predicted octanol–water partition coefficient (Wildman–Crippen LogP) is 11.7. The zero-order valence-electron chi connectivity index (χ0n) is 27.2. The zero-order chi connectivity index (χ0) is 33.5. The molecule has 2 aromatic heterocycles. The van der Waals surface area contributed by atoms with Crippen LogP contribution in [0.3, 0.4) is 0 Å². The molecule has 9 aromatic rings. The summed E-state index contributed by atoms with van der Waals surface area (Å²) in [6.07, 6.45) is 0. The van der Waals surface area contributed by atoms with E-state index in [9.17, 15) is 0 Å². The third-order valence-corrected chi connectivity index (χ3v) is 11.5. The van der Waals surface area contributed by atoms with E-state index in [4.69, 9.17) is 19.7 Å². The van der Waals surface area contributed by atoms with Crippen LogP contribution >= 0.6 is 11.3 Å². The molecule has 0 saturated heterocycles. The van der Waals surface area contributed by atoms with Crippen molar-refractivity contribution in [2.45, 2.75) is 5.41 Å². The van der Waals surface area contributed by atoms with Crippen molar-refractivity contribution in [2.75, 3.05) is 0 Å². The van der Waals surface area contributed by atoms with Gasteiger partial charge in [0.25, 0.3) is 0 Å². The minimum Gasteiger partial charge on any atom is -0.457 e. The Morgan fingerprint density at radius 2 is 0.961 bits per heavy atom. The fraction of sp³-hybridized carbons (Fsp3) is 0.0217. The van der Waals surface area contributed by atoms with Gasteiger partial charge in [0.05, 0.1) is 5.41 Å². The maximum Gasteiger partial charge on any atom is 0.164 e. The Hall–Kier alpha value is -6.43. The molecular formula is C46H27N3OS. The first-order valence-electron chi connectivity index (χ1n) is 17.1. The molecule has 0 fully saturated rings. The van der Waals surface area contributed by atoms with Gasteiger partial charge in [-0.15, -0.1) is 11.3 Å². The molecule has 11 rings (SSSR count). The maximum atomic E-state index is 6.65. The van der Waals surface area contributed by atoms with E-state index >= 15 is 0 Å². The van der Waals surface area contributed by atoms with Crippen molar-refractivity contribution < 1.29 is 4.74 Å². The summed E-state index contributed by atoms with van der Waals surface area (Å²) in [7, 11) is 0. The lowest BCUT2D eigenvalue weighted by Crippen LogP contribution is -2.32. The average Bonchev–Trinajstić information content (AvgIpc) is 3.72. The van der Waals surface area contributed by atoms with Crippen molar-refractivity contribution >= 4 is 31.5 Å². The Morgan fingerprint density at radius 3 is 1.65 bits per heavy atom. The van der Waals surface area contributed by atoms with Gasteiger partial charge in [-0.3, -0.25) is 0 Å². The third-order valence-electron chi connectivity index (χ3n) is 10.4. The summed E-state index contributed by atoms with van der Waals surface area (Å²) >= 11 is 1.84. The number of ether oxygens (including phenoxy) is 1. The number of thiophene rings is 1. The first-order valence-corrected chi connectivity index (χ1v) is 17.9. The highest BCUT2D eigenvalue weighted by molar-refractivity contribution is 7.26. The van der Waals surface area contributed by atoms with Gasteiger partial charge in [-0.25, -0.2) is 15.0 Å². The molecule has 0 amide bonds. The monoisotopic (exact) mass is 669 g/mol. The van der Waals surface area contributed by atoms with Crippen LogP contribution in [0.15, 0.2) is 164 Å². The summed E-state index contributed by atoms with van der Waals surface area (Å²) < 4.78 is 9.18. The van der Waals surface area contributed by atoms with Crippen molar-refractivity contribution in [1.82, 2.24) is 15.0 Å². The van der Waals surface area contributed by atoms with Crippen LogP contribution in [0, 0.1) is 0 Å². The Balaban J connectivity index is 1.31. The number of rotatable bonds is 3. The fourth-order valence-electron chi connectivity index (χ4n) is 8.36. The fourth-order valence-corrected chi connectivity index (χ4v) is 9.47. The summed E-state index contributed by atoms with van der Waals surface area (Å²) in [5.74, 6) is 3.67. The van der Waals surface area contributed by atoms with Crippen molar-refractivity contribution in [3.8, 4) is 56.8 Å². The Kier molecular flexibility index (Phi) is 6.01. The molecule has 51 heavy (non-hydrogen) atoms. The second-order valence-electron chi connectivity index (χ2n) is 13.1. The van der Waals surface area contributed by atoms with Crippen LogP contribution in [0.5, 0.6) is 11.5 Å². The Labute approximate surface area is 298 Å². The van der Waals surface area contributed by atoms with Gasteiger partial charge >= 0.3 is 0 Å². The van der Waals surface area contributed by atoms with Crippen LogP contribution in [0.4, 0.5) is 0 Å². The minimum atomic E-state index is -0.624. The molecule has 1 aliphatic carbocycles. The van der Waals surface area contributed by atoms with E-state index in [-0.39, 0.29) is 0 Å². The summed E-state index contributed by atoms with van der Waals surface area (Å²) in [6.45, 7) is 0. The van der Waals surface area contributed by atoms with E-state index in [1.54, 1.807) is 0 Å². The third kappa shape index (κ3) is 3.98. The second-order valence-corrected chi connectivity index (χ2v) is 14.2. The summed E-state index contributed by atoms with van der Waals surface area (Å²) in [4.78, 5) is 15.5. The lowest BCUT2D eigenvalue weighted by molar-refractivity contribution is 0.436. The number of aromatic nitrogens is 3. The molecule has 0 N–H and O–H groups in total. The van der Waals surface area contributed by atoms with E-state index in [0.717, 1.165) is 44.9 Å². The molecule has 0 unspecified atom stereocenters. The second kappa shape index (κ2) is 10.8. The molecule has 1 spiro atoms. The largest absolute Gasteiger partial charge is 0.457 e. The Bertz CT molecular complexity index is 2740. The summed E-state index contributed by atoms with van der Waals surface area (Å²) in [6, 6.07) is 57.5. The molecule has 5 heteroatoms. The predicted molar refractivity (Wildman–Crippen MR) is 206 cm³/mol. The normalized spacial score (nSPS) is 13.4. The van der Waals surface area contributed by atoms with E-state index in [1.807, 2.05) is 47.7 Å². The van der Waals surface area contributed by atoms with Gasteiger partial charge < -0.3 is 4.74 Å². The van der Waals surface area contributed by atoms with Gasteiger partial charge in [-0.1, -0.05) is 140 Å². The highest BCUT2D eigenvalue weighted by Gasteiger charge is 2.52. The van der Waals surface area contributed by atoms with Gasteiger partial charge in [0.2, 0.25) is 0 Å². The van der Waals surface area contributed by atoms with E-state index in [1.165, 1.54) is 36.9 Å². The minimum absolute atomic E-state index is 0.624. The van der Waals surface area contributed by atoms with Gasteiger partial charge in [-0.2, -0.15) is 0 Å². The van der Waals surface area contributed by atoms with Crippen molar-refractivity contribution in [1.29, 1.82) is 0 Å². The van der Waals surface area contributed by atoms with E-state index < -0.39 is 5.41 Å². The SMILES string of the molecule is c1ccc(-c2nc(-c3ccccc3)nc(-c3cccc4c3-c3c(ccc5sc6ccccc6c35)C43c4ccccc4Oc4ccccc43)n2)cc1. The van der Waals surface area contributed by atoms with Crippen LogP contribution in [0.1, 0.15) is 22.3 Å². The zero-order valence-corrected chi connectivity index (χ0v) is 28.1. The highest BCUT2D eigenvalue weighted by atomic mass is 32.1. The van der Waals surface area contributed by atoms with Crippen LogP contribution in [-0.4, -0.2) is 15.0 Å². The molecular weight excluding hydrogens is 643 g/mol. The molecule has 4 nitrogen and oxygen atoms in total. The lowest BCUT2D eigenvalue weighted by Gasteiger charge is -2.39.